The first-order chi connectivity index (χ1) is 11.7. The number of quaternary nitrogens is 1. The van der Waals surface area contributed by atoms with Crippen molar-refractivity contribution in [3.8, 4) is 0 Å². The SMILES string of the molecule is CC(C)Cc1ccc([C@H]([NH2+]CC(=O)NCC(=O)N(C)C)C(C)C)cc1. The summed E-state index contributed by atoms with van der Waals surface area (Å²) >= 11 is 0. The lowest BCUT2D eigenvalue weighted by Gasteiger charge is -2.20. The second-order valence-corrected chi connectivity index (χ2v) is 7.61. The fourth-order valence-corrected chi connectivity index (χ4v) is 2.78. The van der Waals surface area contributed by atoms with Crippen molar-refractivity contribution in [2.75, 3.05) is 27.2 Å². The Kier molecular flexibility index (Phi) is 8.62. The third-order valence-electron chi connectivity index (χ3n) is 4.22. The number of nitrogens with one attached hydrogen (secondary N) is 1. The van der Waals surface area contributed by atoms with Crippen molar-refractivity contribution in [1.82, 2.24) is 10.2 Å². The van der Waals surface area contributed by atoms with Gasteiger partial charge in [-0.05, 0) is 17.9 Å². The van der Waals surface area contributed by atoms with Crippen LogP contribution in [0.15, 0.2) is 24.3 Å². The largest absolute Gasteiger partial charge is 0.347 e. The molecule has 0 unspecified atom stereocenters. The lowest BCUT2D eigenvalue weighted by Crippen LogP contribution is -2.88. The first kappa shape index (κ1) is 21.2. The van der Waals surface area contributed by atoms with Crippen LogP contribution in [0.3, 0.4) is 0 Å². The van der Waals surface area contributed by atoms with Gasteiger partial charge in [0.15, 0.2) is 6.54 Å². The Balaban J connectivity index is 2.59. The summed E-state index contributed by atoms with van der Waals surface area (Å²) in [6, 6.07) is 8.95. The number of nitrogens with two attached hydrogens (primary N) is 1. The molecule has 0 saturated carbocycles. The molecule has 1 atom stereocenters. The molecule has 0 radical (unpaired) electrons. The lowest BCUT2D eigenvalue weighted by atomic mass is 9.94. The average Bonchev–Trinajstić information content (AvgIpc) is 2.53. The zero-order valence-electron chi connectivity index (χ0n) is 16.5. The fraction of sp³-hybridized carbons (Fsp3) is 0.600. The van der Waals surface area contributed by atoms with Crippen LogP contribution in [-0.4, -0.2) is 43.9 Å². The Morgan fingerprint density at radius 2 is 1.68 bits per heavy atom. The molecule has 140 valence electrons. The maximum Gasteiger partial charge on any atom is 0.275 e. The molecule has 0 aliphatic carbocycles. The number of hydrogen-bond donors (Lipinski definition) is 2. The number of rotatable bonds is 9. The van der Waals surface area contributed by atoms with E-state index in [1.807, 2.05) is 0 Å². The molecule has 3 N–H and O–H groups in total. The summed E-state index contributed by atoms with van der Waals surface area (Å²) in [5.41, 5.74) is 2.58. The number of benzene rings is 1. The molecule has 1 aromatic carbocycles. The molecule has 0 spiro atoms. The number of hydrogen-bond acceptors (Lipinski definition) is 2. The molecule has 0 saturated heterocycles. The highest BCUT2D eigenvalue weighted by atomic mass is 16.2. The quantitative estimate of drug-likeness (QED) is 0.707. The van der Waals surface area contributed by atoms with E-state index in [2.05, 4.69) is 62.6 Å². The Morgan fingerprint density at radius 1 is 1.08 bits per heavy atom. The molecular weight excluding hydrogens is 314 g/mol. The normalized spacial score (nSPS) is 12.3. The van der Waals surface area contributed by atoms with Crippen molar-refractivity contribution in [1.29, 1.82) is 0 Å². The number of nitrogens with zero attached hydrogens (tertiary/aromatic N) is 1. The van der Waals surface area contributed by atoms with E-state index in [0.29, 0.717) is 18.4 Å². The molecule has 2 amide bonds. The molecule has 0 aliphatic rings. The van der Waals surface area contributed by atoms with Gasteiger partial charge in [0.1, 0.15) is 6.04 Å². The third-order valence-corrected chi connectivity index (χ3v) is 4.22. The van der Waals surface area contributed by atoms with Crippen LogP contribution in [0.1, 0.15) is 44.9 Å². The van der Waals surface area contributed by atoms with Crippen LogP contribution in [0.4, 0.5) is 0 Å². The molecule has 1 rings (SSSR count). The molecule has 0 bridgehead atoms. The van der Waals surface area contributed by atoms with Gasteiger partial charge >= 0.3 is 0 Å². The second-order valence-electron chi connectivity index (χ2n) is 7.61. The molecule has 0 aliphatic heterocycles. The van der Waals surface area contributed by atoms with Crippen molar-refractivity contribution in [2.24, 2.45) is 11.8 Å². The Hall–Kier alpha value is -1.88. The molecule has 25 heavy (non-hydrogen) atoms. The highest BCUT2D eigenvalue weighted by Gasteiger charge is 2.20. The zero-order valence-corrected chi connectivity index (χ0v) is 16.5. The summed E-state index contributed by atoms with van der Waals surface area (Å²) in [4.78, 5) is 25.0. The summed E-state index contributed by atoms with van der Waals surface area (Å²) in [5.74, 6) is 0.839. The maximum atomic E-state index is 12.0. The molecule has 0 heterocycles. The minimum Gasteiger partial charge on any atom is -0.347 e. The number of carbonyl (C=O) groups is 2. The van der Waals surface area contributed by atoms with Gasteiger partial charge in [-0.3, -0.25) is 9.59 Å². The number of likely N-dealkylation sites (N-methyl/N-ethyl adjacent to an activating group) is 1. The predicted octanol–water partition coefficient (Wildman–Crippen LogP) is 1.35. The third kappa shape index (κ3) is 7.69. The van der Waals surface area contributed by atoms with Crippen molar-refractivity contribution < 1.29 is 14.9 Å². The smallest absolute Gasteiger partial charge is 0.275 e. The lowest BCUT2D eigenvalue weighted by molar-refractivity contribution is -0.692. The summed E-state index contributed by atoms with van der Waals surface area (Å²) in [5, 5.41) is 4.73. The highest BCUT2D eigenvalue weighted by molar-refractivity contribution is 5.84. The van der Waals surface area contributed by atoms with E-state index in [4.69, 9.17) is 0 Å². The van der Waals surface area contributed by atoms with Gasteiger partial charge in [-0.15, -0.1) is 0 Å². The Labute approximate surface area is 152 Å². The van der Waals surface area contributed by atoms with Gasteiger partial charge in [-0.1, -0.05) is 52.0 Å². The summed E-state index contributed by atoms with van der Waals surface area (Å²) < 4.78 is 0. The summed E-state index contributed by atoms with van der Waals surface area (Å²) in [6.07, 6.45) is 1.08. The van der Waals surface area contributed by atoms with Crippen molar-refractivity contribution >= 4 is 11.8 Å². The van der Waals surface area contributed by atoms with Crippen LogP contribution in [0.5, 0.6) is 0 Å². The second kappa shape index (κ2) is 10.2. The van der Waals surface area contributed by atoms with E-state index in [1.165, 1.54) is 16.0 Å². The summed E-state index contributed by atoms with van der Waals surface area (Å²) in [7, 11) is 3.36. The van der Waals surface area contributed by atoms with Crippen LogP contribution < -0.4 is 10.6 Å². The van der Waals surface area contributed by atoms with E-state index in [1.54, 1.807) is 14.1 Å². The Bertz CT molecular complexity index is 551. The minimum atomic E-state index is -0.114. The van der Waals surface area contributed by atoms with Gasteiger partial charge in [0.2, 0.25) is 5.91 Å². The van der Waals surface area contributed by atoms with Crippen LogP contribution in [0.25, 0.3) is 0 Å². The van der Waals surface area contributed by atoms with Crippen LogP contribution in [0, 0.1) is 11.8 Å². The molecule has 5 nitrogen and oxygen atoms in total. The maximum absolute atomic E-state index is 12.0. The van der Waals surface area contributed by atoms with Crippen LogP contribution in [0.2, 0.25) is 0 Å². The van der Waals surface area contributed by atoms with Gasteiger partial charge in [0, 0.05) is 25.6 Å². The van der Waals surface area contributed by atoms with Gasteiger partial charge in [0.05, 0.1) is 6.54 Å². The topological polar surface area (TPSA) is 66.0 Å². The predicted molar refractivity (Wildman–Crippen MR) is 101 cm³/mol. The molecule has 0 aromatic heterocycles. The van der Waals surface area contributed by atoms with Gasteiger partial charge in [-0.25, -0.2) is 0 Å². The number of carbonyl (C=O) groups excluding carboxylic acids is 2. The number of amides is 2. The minimum absolute atomic E-state index is 0.0515. The molecule has 5 heteroatoms. The molecule has 0 fully saturated rings. The average molecular weight is 349 g/mol. The van der Waals surface area contributed by atoms with Crippen LogP contribution >= 0.6 is 0 Å². The monoisotopic (exact) mass is 348 g/mol. The van der Waals surface area contributed by atoms with Crippen LogP contribution in [-0.2, 0) is 16.0 Å². The highest BCUT2D eigenvalue weighted by Crippen LogP contribution is 2.19. The van der Waals surface area contributed by atoms with E-state index < -0.39 is 0 Å². The first-order valence-electron chi connectivity index (χ1n) is 9.09. The van der Waals surface area contributed by atoms with E-state index in [9.17, 15) is 9.59 Å². The summed E-state index contributed by atoms with van der Waals surface area (Å²) in [6.45, 7) is 9.14. The van der Waals surface area contributed by atoms with Gasteiger partial charge in [0.25, 0.3) is 5.91 Å². The molecular formula is C20H34N3O2+. The van der Waals surface area contributed by atoms with E-state index in [-0.39, 0.29) is 24.4 Å². The van der Waals surface area contributed by atoms with Crippen molar-refractivity contribution in [3.63, 3.8) is 0 Å². The first-order valence-corrected chi connectivity index (χ1v) is 9.09. The van der Waals surface area contributed by atoms with E-state index in [0.717, 1.165) is 6.42 Å². The van der Waals surface area contributed by atoms with Crippen molar-refractivity contribution in [3.05, 3.63) is 35.4 Å². The molecule has 1 aromatic rings. The van der Waals surface area contributed by atoms with Gasteiger partial charge < -0.3 is 15.5 Å². The Morgan fingerprint density at radius 3 is 2.16 bits per heavy atom. The van der Waals surface area contributed by atoms with E-state index >= 15 is 0 Å². The standard InChI is InChI=1S/C20H33N3O2/c1-14(2)11-16-7-9-17(10-8-16)20(15(3)4)22-12-18(24)21-13-19(25)23(5)6/h7-10,14-15,20,22H,11-13H2,1-6H3,(H,21,24)/p+1/t20-/m1/s1. The van der Waals surface area contributed by atoms with Gasteiger partial charge in [-0.2, -0.15) is 0 Å². The zero-order chi connectivity index (χ0) is 19.0. The van der Waals surface area contributed by atoms with Crippen molar-refractivity contribution in [2.45, 2.75) is 40.2 Å². The fourth-order valence-electron chi connectivity index (χ4n) is 2.78.